The van der Waals surface area contributed by atoms with Crippen molar-refractivity contribution in [1.29, 1.82) is 0 Å². The van der Waals surface area contributed by atoms with Crippen LogP contribution in [0.2, 0.25) is 0 Å². The largest absolute Gasteiger partial charge is 0.493 e. The fourth-order valence-electron chi connectivity index (χ4n) is 4.19. The van der Waals surface area contributed by atoms with Gasteiger partial charge in [-0.2, -0.15) is 10.2 Å². The van der Waals surface area contributed by atoms with Gasteiger partial charge in [-0.1, -0.05) is 25.7 Å². The van der Waals surface area contributed by atoms with Crippen LogP contribution in [0.5, 0.6) is 34.5 Å². The smallest absolute Gasteiger partial charge is 0.240 e. The molecule has 0 atom stereocenters. The normalized spacial score (nSPS) is 10.9. The molecule has 230 valence electrons. The minimum atomic E-state index is -0.159. The summed E-state index contributed by atoms with van der Waals surface area (Å²) in [5, 5.41) is 8.07. The molecule has 0 aliphatic rings. The average molecular weight is 587 g/mol. The van der Waals surface area contributed by atoms with Gasteiger partial charge in [0.1, 0.15) is 0 Å². The second kappa shape index (κ2) is 18.8. The molecule has 2 aromatic carbocycles. The van der Waals surface area contributed by atoms with Crippen molar-refractivity contribution in [2.75, 3.05) is 42.7 Å². The molecule has 0 saturated carbocycles. The van der Waals surface area contributed by atoms with E-state index in [1.165, 1.54) is 40.9 Å². The highest BCUT2D eigenvalue weighted by Gasteiger charge is 2.15. The molecule has 0 unspecified atom stereocenters. The van der Waals surface area contributed by atoms with Gasteiger partial charge in [-0.05, 0) is 37.1 Å². The zero-order chi connectivity index (χ0) is 30.7. The molecule has 0 radical (unpaired) electrons. The van der Waals surface area contributed by atoms with Gasteiger partial charge in [0.2, 0.25) is 23.3 Å². The SMILES string of the molecule is COc1ccc(C=NNC(=O)CCCCCCCCC(=O)NN=Cc2ccc(OC)c(OC)c2OC)c(OC)c1OC. The number of rotatable bonds is 19. The lowest BCUT2D eigenvalue weighted by molar-refractivity contribution is -0.122. The molecule has 2 rings (SSSR count). The number of hydrazone groups is 2. The first kappa shape index (κ1) is 33.7. The zero-order valence-corrected chi connectivity index (χ0v) is 25.3. The topological polar surface area (TPSA) is 138 Å². The van der Waals surface area contributed by atoms with Crippen molar-refractivity contribution >= 4 is 24.2 Å². The van der Waals surface area contributed by atoms with E-state index in [0.29, 0.717) is 58.5 Å². The Balaban J connectivity index is 1.61. The van der Waals surface area contributed by atoms with Crippen LogP contribution in [0.25, 0.3) is 0 Å². The minimum absolute atomic E-state index is 0.159. The van der Waals surface area contributed by atoms with Gasteiger partial charge >= 0.3 is 0 Å². The summed E-state index contributed by atoms with van der Waals surface area (Å²) in [6.07, 6.45) is 9.11. The Bertz CT molecular complexity index is 1120. The summed E-state index contributed by atoms with van der Waals surface area (Å²) in [6.45, 7) is 0. The van der Waals surface area contributed by atoms with E-state index in [0.717, 1.165) is 38.5 Å². The Morgan fingerprint density at radius 2 is 0.905 bits per heavy atom. The Morgan fingerprint density at radius 3 is 1.24 bits per heavy atom. The molecule has 0 spiro atoms. The van der Waals surface area contributed by atoms with Crippen molar-refractivity contribution in [3.63, 3.8) is 0 Å². The van der Waals surface area contributed by atoms with Crippen LogP contribution in [-0.2, 0) is 9.59 Å². The maximum Gasteiger partial charge on any atom is 0.240 e. The quantitative estimate of drug-likeness (QED) is 0.140. The molecule has 2 N–H and O–H groups in total. The van der Waals surface area contributed by atoms with Crippen LogP contribution in [0.1, 0.15) is 62.5 Å². The third kappa shape index (κ3) is 10.2. The molecular formula is C30H42N4O8. The van der Waals surface area contributed by atoms with E-state index in [-0.39, 0.29) is 11.8 Å². The molecule has 12 nitrogen and oxygen atoms in total. The highest BCUT2D eigenvalue weighted by molar-refractivity contribution is 5.88. The van der Waals surface area contributed by atoms with Crippen LogP contribution in [0.15, 0.2) is 34.5 Å². The first-order valence-electron chi connectivity index (χ1n) is 13.7. The summed E-state index contributed by atoms with van der Waals surface area (Å²) < 4.78 is 32.1. The number of benzene rings is 2. The van der Waals surface area contributed by atoms with Gasteiger partial charge in [-0.3, -0.25) is 9.59 Å². The fraction of sp³-hybridized carbons (Fsp3) is 0.467. The Hall–Kier alpha value is -4.48. The number of hydrogen-bond donors (Lipinski definition) is 2. The van der Waals surface area contributed by atoms with Crippen LogP contribution in [-0.4, -0.2) is 66.9 Å². The predicted octanol–water partition coefficient (Wildman–Crippen LogP) is 4.46. The number of nitrogens with one attached hydrogen (secondary N) is 2. The van der Waals surface area contributed by atoms with Crippen LogP contribution < -0.4 is 39.3 Å². The summed E-state index contributed by atoms with van der Waals surface area (Å²) >= 11 is 0. The maximum atomic E-state index is 12.1. The first-order valence-corrected chi connectivity index (χ1v) is 13.7. The van der Waals surface area contributed by atoms with Gasteiger partial charge in [-0.15, -0.1) is 0 Å². The predicted molar refractivity (Wildman–Crippen MR) is 161 cm³/mol. The number of amides is 2. The number of methoxy groups -OCH3 is 6. The van der Waals surface area contributed by atoms with Gasteiger partial charge in [0, 0.05) is 24.0 Å². The van der Waals surface area contributed by atoms with Crippen molar-refractivity contribution in [2.24, 2.45) is 10.2 Å². The van der Waals surface area contributed by atoms with Gasteiger partial charge in [0.05, 0.1) is 55.1 Å². The Kier molecular flexibility index (Phi) is 15.1. The number of unbranched alkanes of at least 4 members (excludes halogenated alkanes) is 5. The van der Waals surface area contributed by atoms with Crippen molar-refractivity contribution in [1.82, 2.24) is 10.9 Å². The number of ether oxygens (including phenoxy) is 6. The Morgan fingerprint density at radius 1 is 0.548 bits per heavy atom. The standard InChI is InChI=1S/C30H42N4O8/c1-37-23-17-15-21(27(39-3)29(23)41-5)19-31-33-25(35)13-11-9-7-8-10-12-14-26(36)34-32-20-22-16-18-24(38-2)30(42-6)28(22)40-4/h15-20H,7-14H2,1-6H3,(H,33,35)(H,34,36). The summed E-state index contributed by atoms with van der Waals surface area (Å²) in [6, 6.07) is 7.02. The highest BCUT2D eigenvalue weighted by Crippen LogP contribution is 2.39. The molecule has 2 aromatic rings. The molecule has 0 saturated heterocycles. The van der Waals surface area contributed by atoms with Crippen LogP contribution in [0, 0.1) is 0 Å². The summed E-state index contributed by atoms with van der Waals surface area (Å²) in [5.74, 6) is 2.61. The van der Waals surface area contributed by atoms with Gasteiger partial charge in [0.25, 0.3) is 0 Å². The second-order valence-electron chi connectivity index (χ2n) is 9.05. The van der Waals surface area contributed by atoms with E-state index in [2.05, 4.69) is 21.1 Å². The molecule has 12 heteroatoms. The monoisotopic (exact) mass is 586 g/mol. The number of hydrogen-bond acceptors (Lipinski definition) is 10. The lowest BCUT2D eigenvalue weighted by Gasteiger charge is -2.13. The van der Waals surface area contributed by atoms with E-state index in [1.807, 2.05) is 0 Å². The van der Waals surface area contributed by atoms with Crippen molar-refractivity contribution in [2.45, 2.75) is 51.4 Å². The summed E-state index contributed by atoms with van der Waals surface area (Å²) in [5.41, 5.74) is 6.38. The maximum absolute atomic E-state index is 12.1. The van der Waals surface area contributed by atoms with E-state index < -0.39 is 0 Å². The minimum Gasteiger partial charge on any atom is -0.493 e. The van der Waals surface area contributed by atoms with E-state index in [4.69, 9.17) is 28.4 Å². The van der Waals surface area contributed by atoms with E-state index >= 15 is 0 Å². The molecule has 0 fully saturated rings. The first-order chi connectivity index (χ1) is 20.4. The third-order valence-electron chi connectivity index (χ3n) is 6.31. The zero-order valence-electron chi connectivity index (χ0n) is 25.3. The lowest BCUT2D eigenvalue weighted by Crippen LogP contribution is -2.17. The number of carbonyl (C=O) groups is 2. The molecule has 0 aliphatic carbocycles. The lowest BCUT2D eigenvalue weighted by atomic mass is 10.1. The van der Waals surface area contributed by atoms with Crippen molar-refractivity contribution in [3.8, 4) is 34.5 Å². The van der Waals surface area contributed by atoms with Crippen LogP contribution in [0.3, 0.4) is 0 Å². The molecule has 0 bridgehead atoms. The van der Waals surface area contributed by atoms with Crippen molar-refractivity contribution < 1.29 is 38.0 Å². The fourth-order valence-corrected chi connectivity index (χ4v) is 4.19. The van der Waals surface area contributed by atoms with Gasteiger partial charge in [-0.25, -0.2) is 10.9 Å². The average Bonchev–Trinajstić information content (AvgIpc) is 3.01. The van der Waals surface area contributed by atoms with Gasteiger partial charge in [0.15, 0.2) is 23.0 Å². The molecule has 42 heavy (non-hydrogen) atoms. The van der Waals surface area contributed by atoms with Crippen LogP contribution >= 0.6 is 0 Å². The second-order valence-corrected chi connectivity index (χ2v) is 9.05. The van der Waals surface area contributed by atoms with Gasteiger partial charge < -0.3 is 28.4 Å². The molecule has 0 aliphatic heterocycles. The molecular weight excluding hydrogens is 544 g/mol. The van der Waals surface area contributed by atoms with E-state index in [9.17, 15) is 9.59 Å². The summed E-state index contributed by atoms with van der Waals surface area (Å²) in [4.78, 5) is 24.2. The number of nitrogens with zero attached hydrogens (tertiary/aromatic N) is 2. The number of carbonyl (C=O) groups excluding carboxylic acids is 2. The van der Waals surface area contributed by atoms with Crippen molar-refractivity contribution in [3.05, 3.63) is 35.4 Å². The molecule has 2 amide bonds. The third-order valence-corrected chi connectivity index (χ3v) is 6.31. The van der Waals surface area contributed by atoms with Crippen LogP contribution in [0.4, 0.5) is 0 Å². The molecule has 0 aromatic heterocycles. The molecule has 0 heterocycles. The Labute approximate surface area is 247 Å². The summed E-state index contributed by atoms with van der Waals surface area (Å²) in [7, 11) is 9.19. The highest BCUT2D eigenvalue weighted by atomic mass is 16.5. The van der Waals surface area contributed by atoms with E-state index in [1.54, 1.807) is 38.5 Å².